The third kappa shape index (κ3) is 3.66. The standard InChI is InChI=1S/C9H7FN2O.2C2H6/c1-5-2-6-8(3-7(5)10)11-4-12-9(6)13;2*1-2/h2-4H,1H3,(H,11,12,13);2*1-2H3. The molecular weight excluding hydrogens is 219 g/mol. The molecule has 1 aromatic carbocycles. The number of aromatic nitrogens is 2. The first kappa shape index (κ1) is 15.3. The summed E-state index contributed by atoms with van der Waals surface area (Å²) in [6, 6.07) is 2.76. The van der Waals surface area contributed by atoms with Crippen LogP contribution in [-0.4, -0.2) is 9.97 Å². The van der Waals surface area contributed by atoms with E-state index in [1.54, 1.807) is 6.92 Å². The summed E-state index contributed by atoms with van der Waals surface area (Å²) in [6.07, 6.45) is 1.26. The molecule has 17 heavy (non-hydrogen) atoms. The molecule has 3 nitrogen and oxygen atoms in total. The lowest BCUT2D eigenvalue weighted by atomic mass is 10.1. The van der Waals surface area contributed by atoms with Crippen molar-refractivity contribution in [2.24, 2.45) is 0 Å². The van der Waals surface area contributed by atoms with E-state index in [9.17, 15) is 9.18 Å². The monoisotopic (exact) mass is 238 g/mol. The van der Waals surface area contributed by atoms with Crippen LogP contribution in [0.3, 0.4) is 0 Å². The summed E-state index contributed by atoms with van der Waals surface area (Å²) in [5.41, 5.74) is 0.589. The number of nitrogens with zero attached hydrogens (tertiary/aromatic N) is 1. The van der Waals surface area contributed by atoms with E-state index in [1.807, 2.05) is 27.7 Å². The highest BCUT2D eigenvalue weighted by Crippen LogP contribution is 2.12. The van der Waals surface area contributed by atoms with Gasteiger partial charge in [-0.05, 0) is 18.6 Å². The zero-order valence-corrected chi connectivity index (χ0v) is 11.0. The van der Waals surface area contributed by atoms with Crippen molar-refractivity contribution in [2.75, 3.05) is 0 Å². The molecule has 1 aromatic heterocycles. The van der Waals surface area contributed by atoms with E-state index in [1.165, 1.54) is 18.5 Å². The summed E-state index contributed by atoms with van der Waals surface area (Å²) in [7, 11) is 0. The molecule has 0 fully saturated rings. The molecule has 0 aliphatic carbocycles. The van der Waals surface area contributed by atoms with Gasteiger partial charge in [-0.1, -0.05) is 27.7 Å². The summed E-state index contributed by atoms with van der Waals surface area (Å²) >= 11 is 0. The molecule has 0 saturated heterocycles. The van der Waals surface area contributed by atoms with Crippen LogP contribution in [0.2, 0.25) is 0 Å². The van der Waals surface area contributed by atoms with E-state index < -0.39 is 0 Å². The lowest BCUT2D eigenvalue weighted by Gasteiger charge is -1.98. The second-order valence-corrected chi connectivity index (χ2v) is 2.85. The maximum absolute atomic E-state index is 13.0. The first-order valence-corrected chi connectivity index (χ1v) is 5.82. The zero-order chi connectivity index (χ0) is 13.4. The van der Waals surface area contributed by atoms with Crippen LogP contribution in [0.1, 0.15) is 33.3 Å². The molecule has 0 aliphatic rings. The Kier molecular flexibility index (Phi) is 6.79. The molecule has 0 radical (unpaired) electrons. The van der Waals surface area contributed by atoms with Gasteiger partial charge in [-0.15, -0.1) is 0 Å². The lowest BCUT2D eigenvalue weighted by molar-refractivity contribution is 0.620. The van der Waals surface area contributed by atoms with Gasteiger partial charge in [0.25, 0.3) is 5.56 Å². The van der Waals surface area contributed by atoms with Crippen molar-refractivity contribution in [3.05, 3.63) is 40.2 Å². The fraction of sp³-hybridized carbons (Fsp3) is 0.385. The summed E-state index contributed by atoms with van der Waals surface area (Å²) in [5.74, 6) is -0.342. The van der Waals surface area contributed by atoms with Crippen molar-refractivity contribution in [1.82, 2.24) is 9.97 Å². The maximum atomic E-state index is 13.0. The Morgan fingerprint density at radius 1 is 1.18 bits per heavy atom. The second kappa shape index (κ2) is 7.54. The summed E-state index contributed by atoms with van der Waals surface area (Å²) in [6.45, 7) is 9.61. The maximum Gasteiger partial charge on any atom is 0.258 e. The Bertz CT molecular complexity index is 520. The van der Waals surface area contributed by atoms with Crippen molar-refractivity contribution in [2.45, 2.75) is 34.6 Å². The molecule has 0 atom stereocenters. The van der Waals surface area contributed by atoms with Gasteiger partial charge in [0.1, 0.15) is 5.82 Å². The van der Waals surface area contributed by atoms with Crippen molar-refractivity contribution in [3.63, 3.8) is 0 Å². The van der Waals surface area contributed by atoms with Gasteiger partial charge in [-0.25, -0.2) is 9.37 Å². The third-order valence-electron chi connectivity index (χ3n) is 1.92. The largest absolute Gasteiger partial charge is 0.313 e. The van der Waals surface area contributed by atoms with Gasteiger partial charge >= 0.3 is 0 Å². The summed E-state index contributed by atoms with van der Waals surface area (Å²) in [5, 5.41) is 0.418. The number of rotatable bonds is 0. The van der Waals surface area contributed by atoms with Crippen LogP contribution in [0, 0.1) is 12.7 Å². The van der Waals surface area contributed by atoms with Crippen LogP contribution < -0.4 is 5.56 Å². The molecule has 0 spiro atoms. The molecular formula is C13H19FN2O. The van der Waals surface area contributed by atoms with Gasteiger partial charge in [0, 0.05) is 6.07 Å². The molecule has 2 aromatic rings. The number of halogens is 1. The fourth-order valence-corrected chi connectivity index (χ4v) is 1.20. The van der Waals surface area contributed by atoms with E-state index in [-0.39, 0.29) is 11.4 Å². The number of fused-ring (bicyclic) bond motifs is 1. The molecule has 0 saturated carbocycles. The Labute approximate surface area is 101 Å². The molecule has 94 valence electrons. The van der Waals surface area contributed by atoms with Crippen LogP contribution in [0.5, 0.6) is 0 Å². The fourth-order valence-electron chi connectivity index (χ4n) is 1.20. The number of H-pyrrole nitrogens is 1. The molecule has 0 amide bonds. The Morgan fingerprint density at radius 3 is 2.35 bits per heavy atom. The third-order valence-corrected chi connectivity index (χ3v) is 1.92. The molecule has 1 heterocycles. The number of hydrogen-bond acceptors (Lipinski definition) is 2. The number of aromatic amines is 1. The number of hydrogen-bond donors (Lipinski definition) is 1. The molecule has 2 rings (SSSR count). The quantitative estimate of drug-likeness (QED) is 0.764. The minimum Gasteiger partial charge on any atom is -0.313 e. The van der Waals surface area contributed by atoms with Crippen molar-refractivity contribution >= 4 is 10.9 Å². The summed E-state index contributed by atoms with van der Waals surface area (Å²) < 4.78 is 13.0. The minimum absolute atomic E-state index is 0.242. The molecule has 0 bridgehead atoms. The Hall–Kier alpha value is -1.71. The Balaban J connectivity index is 0.000000581. The van der Waals surface area contributed by atoms with Crippen LogP contribution in [0.4, 0.5) is 4.39 Å². The SMILES string of the molecule is CC.CC.Cc1cc2c(=O)[nH]cnc2cc1F. The predicted octanol–water partition coefficient (Wildman–Crippen LogP) is 3.42. The van der Waals surface area contributed by atoms with E-state index in [0.717, 1.165) is 0 Å². The van der Waals surface area contributed by atoms with E-state index in [0.29, 0.717) is 16.5 Å². The topological polar surface area (TPSA) is 45.8 Å². The van der Waals surface area contributed by atoms with Gasteiger partial charge in [0.15, 0.2) is 0 Å². The predicted molar refractivity (Wildman–Crippen MR) is 69.8 cm³/mol. The number of nitrogens with one attached hydrogen (secondary N) is 1. The van der Waals surface area contributed by atoms with Crippen molar-refractivity contribution in [1.29, 1.82) is 0 Å². The van der Waals surface area contributed by atoms with Gasteiger partial charge < -0.3 is 4.98 Å². The normalized spacial score (nSPS) is 8.82. The number of aryl methyl sites for hydroxylation is 1. The highest BCUT2D eigenvalue weighted by molar-refractivity contribution is 5.77. The van der Waals surface area contributed by atoms with Gasteiger partial charge in [-0.3, -0.25) is 4.79 Å². The Morgan fingerprint density at radius 2 is 1.76 bits per heavy atom. The second-order valence-electron chi connectivity index (χ2n) is 2.85. The average Bonchev–Trinajstić information content (AvgIpc) is 2.37. The number of benzene rings is 1. The highest BCUT2D eigenvalue weighted by Gasteiger charge is 2.03. The first-order valence-electron chi connectivity index (χ1n) is 5.82. The van der Waals surface area contributed by atoms with Crippen LogP contribution in [0.15, 0.2) is 23.3 Å². The van der Waals surface area contributed by atoms with Gasteiger partial charge in [-0.2, -0.15) is 0 Å². The molecule has 0 unspecified atom stereocenters. The van der Waals surface area contributed by atoms with Gasteiger partial charge in [0.05, 0.1) is 17.2 Å². The average molecular weight is 238 g/mol. The molecule has 4 heteroatoms. The van der Waals surface area contributed by atoms with Crippen LogP contribution in [-0.2, 0) is 0 Å². The lowest BCUT2D eigenvalue weighted by Crippen LogP contribution is -2.06. The van der Waals surface area contributed by atoms with Crippen LogP contribution in [0.25, 0.3) is 10.9 Å². The first-order chi connectivity index (χ1) is 8.18. The molecule has 1 N–H and O–H groups in total. The van der Waals surface area contributed by atoms with Gasteiger partial charge in [0.2, 0.25) is 0 Å². The van der Waals surface area contributed by atoms with E-state index in [4.69, 9.17) is 0 Å². The van der Waals surface area contributed by atoms with Crippen LogP contribution >= 0.6 is 0 Å². The summed E-state index contributed by atoms with van der Waals surface area (Å²) in [4.78, 5) is 17.5. The molecule has 0 aliphatic heterocycles. The van der Waals surface area contributed by atoms with E-state index >= 15 is 0 Å². The minimum atomic E-state index is -0.342. The highest BCUT2D eigenvalue weighted by atomic mass is 19.1. The zero-order valence-electron chi connectivity index (χ0n) is 11.0. The van der Waals surface area contributed by atoms with Crippen molar-refractivity contribution < 1.29 is 4.39 Å². The van der Waals surface area contributed by atoms with Crippen molar-refractivity contribution in [3.8, 4) is 0 Å². The van der Waals surface area contributed by atoms with E-state index in [2.05, 4.69) is 9.97 Å². The smallest absolute Gasteiger partial charge is 0.258 e.